The number of benzene rings is 2. The summed E-state index contributed by atoms with van der Waals surface area (Å²) in [6.45, 7) is 6.51. The topological polar surface area (TPSA) is 44.4 Å². The maximum atomic E-state index is 8.22. The molecule has 0 unspecified atom stereocenters. The first-order valence-corrected chi connectivity index (χ1v) is 10.8. The van der Waals surface area contributed by atoms with Crippen LogP contribution in [0.25, 0.3) is 11.1 Å². The van der Waals surface area contributed by atoms with Crippen molar-refractivity contribution in [2.75, 3.05) is 43.2 Å². The van der Waals surface area contributed by atoms with Gasteiger partial charge in [0.05, 0.1) is 0 Å². The van der Waals surface area contributed by atoms with Crippen LogP contribution in [0.15, 0.2) is 42.5 Å². The second-order valence-corrected chi connectivity index (χ2v) is 8.82. The van der Waals surface area contributed by atoms with E-state index in [-0.39, 0.29) is 4.75 Å². The molecule has 2 rings (SSSR count). The third kappa shape index (κ3) is 8.66. The summed E-state index contributed by atoms with van der Waals surface area (Å²) in [6, 6.07) is 15.2. The van der Waals surface area contributed by atoms with E-state index in [9.17, 15) is 0 Å². The molecule has 153 valence electrons. The van der Waals surface area contributed by atoms with E-state index < -0.39 is 0 Å². The Morgan fingerprint density at radius 3 is 2.18 bits per heavy atom. The maximum absolute atomic E-state index is 8.22. The molecular formula is C21H29N3OS2Tc. The van der Waals surface area contributed by atoms with Crippen molar-refractivity contribution < 1.29 is 22.4 Å². The van der Waals surface area contributed by atoms with Crippen LogP contribution in [0.4, 0.5) is 11.4 Å². The van der Waals surface area contributed by atoms with E-state index in [1.54, 1.807) is 0 Å². The molecule has 0 spiro atoms. The molecule has 2 aromatic rings. The van der Waals surface area contributed by atoms with Crippen molar-refractivity contribution in [2.45, 2.75) is 25.1 Å². The van der Waals surface area contributed by atoms with Crippen LogP contribution >= 0.6 is 0 Å². The first-order chi connectivity index (χ1) is 13.3. The second-order valence-electron chi connectivity index (χ2n) is 7.31. The van der Waals surface area contributed by atoms with E-state index in [0.717, 1.165) is 44.2 Å². The van der Waals surface area contributed by atoms with Crippen LogP contribution in [-0.2, 0) is 54.2 Å². The Kier molecular flexibility index (Phi) is 11.4. The van der Waals surface area contributed by atoms with Crippen molar-refractivity contribution in [3.05, 3.63) is 48.0 Å². The number of nitrogens with one attached hydrogen (secondary N) is 2. The first kappa shape index (κ1) is 25.2. The Morgan fingerprint density at radius 1 is 1.04 bits per heavy atom. The minimum atomic E-state index is -0.175. The van der Waals surface area contributed by atoms with Gasteiger partial charge in [0.1, 0.15) is 0 Å². The number of rotatable bonds is 9. The van der Waals surface area contributed by atoms with Gasteiger partial charge in [-0.1, -0.05) is 32.0 Å². The van der Waals surface area contributed by atoms with Crippen LogP contribution in [0, 0.1) is 0 Å². The molecule has 0 aliphatic rings. The molecule has 0 heterocycles. The average Bonchev–Trinajstić information content (AvgIpc) is 2.68. The average molecular weight is 502 g/mol. The number of anilines is 2. The van der Waals surface area contributed by atoms with Crippen molar-refractivity contribution in [1.82, 2.24) is 5.32 Å². The zero-order valence-corrected chi connectivity index (χ0v) is 20.4. The van der Waals surface area contributed by atoms with Gasteiger partial charge < -0.3 is 40.8 Å². The van der Waals surface area contributed by atoms with E-state index in [2.05, 4.69) is 85.9 Å². The van der Waals surface area contributed by atoms with E-state index in [4.69, 9.17) is 28.8 Å². The molecule has 4 nitrogen and oxygen atoms in total. The Hall–Kier alpha value is -0.851. The molecule has 0 fully saturated rings. The van der Waals surface area contributed by atoms with Gasteiger partial charge in [-0.05, 0) is 54.0 Å². The predicted molar refractivity (Wildman–Crippen MR) is 121 cm³/mol. The fourth-order valence-electron chi connectivity index (χ4n) is 2.65. The molecule has 28 heavy (non-hydrogen) atoms. The van der Waals surface area contributed by atoms with E-state index in [1.807, 2.05) is 0 Å². The number of hydrogen-bond acceptors (Lipinski definition) is 6. The standard InChI is InChI=1S/C21H31N3S2.O.Tc/c1-21(2,26)15-23-20-10-7-17(13-18(20)14-22-11-12-25)16-5-8-19(9-6-16)24(3)4;;/h5-10,13,22-23,25-26H,11-12,14-15H2,1-4H3;;/q;;+2/p-2. The summed E-state index contributed by atoms with van der Waals surface area (Å²) in [5, 5.41) is 6.92. The molecule has 2 N–H and O–H groups in total. The zero-order chi connectivity index (χ0) is 21.2. The molecule has 0 saturated carbocycles. The monoisotopic (exact) mass is 500 g/mol. The van der Waals surface area contributed by atoms with Crippen LogP contribution in [0.2, 0.25) is 0 Å². The molecule has 7 heteroatoms. The number of hydrogen-bond donors (Lipinski definition) is 2. The summed E-state index contributed by atoms with van der Waals surface area (Å²) in [7, 11) is 4.11. The molecule has 2 aromatic carbocycles. The van der Waals surface area contributed by atoms with Crippen LogP contribution in [-0.4, -0.2) is 37.7 Å². The van der Waals surface area contributed by atoms with E-state index >= 15 is 0 Å². The van der Waals surface area contributed by atoms with Crippen molar-refractivity contribution >= 4 is 36.6 Å². The molecule has 0 aliphatic carbocycles. The Labute approximate surface area is 191 Å². The normalized spacial score (nSPS) is 10.8. The van der Waals surface area contributed by atoms with Gasteiger partial charge >= 0.3 is 22.4 Å². The third-order valence-corrected chi connectivity index (χ3v) is 4.47. The third-order valence-electron chi connectivity index (χ3n) is 4.12. The Bertz CT molecular complexity index is 719. The quantitative estimate of drug-likeness (QED) is 0.404. The second kappa shape index (κ2) is 12.7. The van der Waals surface area contributed by atoms with Gasteiger partial charge in [-0.2, -0.15) is 5.75 Å². The first-order valence-electron chi connectivity index (χ1n) is 9.09. The van der Waals surface area contributed by atoms with Gasteiger partial charge in [-0.25, -0.2) is 0 Å². The summed E-state index contributed by atoms with van der Waals surface area (Å²) in [4.78, 5) is 2.11. The van der Waals surface area contributed by atoms with Gasteiger partial charge in [0.25, 0.3) is 0 Å². The Balaban J connectivity index is 0.00000190. The molecule has 0 amide bonds. The fourth-order valence-corrected chi connectivity index (χ4v) is 2.86. The summed E-state index contributed by atoms with van der Waals surface area (Å²) in [5.41, 5.74) is 6.01. The Morgan fingerprint density at radius 2 is 1.64 bits per heavy atom. The van der Waals surface area contributed by atoms with E-state index in [1.165, 1.54) is 22.4 Å². The van der Waals surface area contributed by atoms with Gasteiger partial charge in [0.15, 0.2) is 0 Å². The zero-order valence-electron chi connectivity index (χ0n) is 16.9. The van der Waals surface area contributed by atoms with Crippen molar-refractivity contribution in [3.63, 3.8) is 0 Å². The van der Waals surface area contributed by atoms with E-state index in [0.29, 0.717) is 5.75 Å². The molecule has 0 atom stereocenters. The predicted octanol–water partition coefficient (Wildman–Crippen LogP) is 3.67. The molecule has 0 radical (unpaired) electrons. The van der Waals surface area contributed by atoms with Crippen LogP contribution < -0.4 is 15.5 Å². The molecule has 0 saturated heterocycles. The van der Waals surface area contributed by atoms with Crippen LogP contribution in [0.3, 0.4) is 0 Å². The van der Waals surface area contributed by atoms with Crippen molar-refractivity contribution in [3.8, 4) is 11.1 Å². The molecular weight excluding hydrogens is 472 g/mol. The molecule has 0 bridgehead atoms. The van der Waals surface area contributed by atoms with Crippen LogP contribution in [0.5, 0.6) is 0 Å². The summed E-state index contributed by atoms with van der Waals surface area (Å²) in [5.74, 6) is 0.716. The van der Waals surface area contributed by atoms with Gasteiger partial charge in [-0.3, -0.25) is 0 Å². The minimum absolute atomic E-state index is 0.175. The molecule has 0 aromatic heterocycles. The summed E-state index contributed by atoms with van der Waals surface area (Å²) >= 11 is 11.4. The summed E-state index contributed by atoms with van der Waals surface area (Å²) < 4.78 is 8.05. The van der Waals surface area contributed by atoms with Crippen molar-refractivity contribution in [2.24, 2.45) is 0 Å². The van der Waals surface area contributed by atoms with Crippen molar-refractivity contribution in [1.29, 1.82) is 0 Å². The molecule has 0 aliphatic heterocycles. The number of nitrogens with zero attached hydrogens (tertiary/aromatic N) is 1. The van der Waals surface area contributed by atoms with Gasteiger partial charge in [0.2, 0.25) is 0 Å². The summed E-state index contributed by atoms with van der Waals surface area (Å²) in [6.07, 6.45) is 0. The fraction of sp³-hybridized carbons (Fsp3) is 0.429. The SMILES string of the molecule is CN(C)c1ccc(-c2ccc(NCC(C)(C)[S-])c(CNCC[S-])c2)cc1.[O]=[Tc+2]. The van der Waals surface area contributed by atoms with Crippen LogP contribution in [0.1, 0.15) is 19.4 Å². The van der Waals surface area contributed by atoms with Gasteiger partial charge in [0, 0.05) is 32.0 Å². The van der Waals surface area contributed by atoms with Gasteiger partial charge in [-0.15, -0.1) is 4.75 Å².